The summed E-state index contributed by atoms with van der Waals surface area (Å²) < 4.78 is 78.9. The van der Waals surface area contributed by atoms with Gasteiger partial charge in [0.1, 0.15) is 0 Å². The fraction of sp³-hybridized carbons (Fsp3) is 0.0952. The van der Waals surface area contributed by atoms with Crippen LogP contribution in [-0.4, -0.2) is 41.1 Å². The summed E-state index contributed by atoms with van der Waals surface area (Å²) in [4.78, 5) is 12.1. The third-order valence-corrected chi connectivity index (χ3v) is 7.66. The van der Waals surface area contributed by atoms with Crippen LogP contribution >= 0.6 is 0 Å². The minimum Gasteiger partial charge on any atom is -0.322 e. The van der Waals surface area contributed by atoms with E-state index in [4.69, 9.17) is 0 Å². The van der Waals surface area contributed by atoms with Gasteiger partial charge in [0.15, 0.2) is 11.6 Å². The minimum atomic E-state index is -4.18. The van der Waals surface area contributed by atoms with Crippen molar-refractivity contribution in [3.8, 4) is 0 Å². The number of nitrogens with one attached hydrogen (secondary N) is 2. The van der Waals surface area contributed by atoms with Gasteiger partial charge in [0.25, 0.3) is 15.9 Å². The maximum atomic E-state index is 13.4. The molecule has 1 amide bonds. The summed E-state index contributed by atoms with van der Waals surface area (Å²) in [7, 11) is -5.07. The molecule has 3 aromatic carbocycles. The summed E-state index contributed by atoms with van der Waals surface area (Å²) in [6.45, 7) is 0. The predicted octanol–water partition coefficient (Wildman–Crippen LogP) is 3.27. The summed E-state index contributed by atoms with van der Waals surface area (Å²) in [5, 5.41) is 2.58. The van der Waals surface area contributed by atoms with Gasteiger partial charge in [0.2, 0.25) is 10.0 Å². The van der Waals surface area contributed by atoms with Crippen LogP contribution in [0.1, 0.15) is 10.4 Å². The lowest BCUT2D eigenvalue weighted by molar-refractivity contribution is 0.102. The molecular weight excluding hydrogens is 476 g/mol. The van der Waals surface area contributed by atoms with Gasteiger partial charge in [-0.25, -0.2) is 29.9 Å². The number of rotatable bonds is 7. The topological polar surface area (TPSA) is 113 Å². The summed E-state index contributed by atoms with van der Waals surface area (Å²) in [5.41, 5.74) is 0.521. The Morgan fingerprint density at radius 1 is 0.788 bits per heavy atom. The monoisotopic (exact) mass is 495 g/mol. The Kier molecular flexibility index (Phi) is 6.81. The van der Waals surface area contributed by atoms with E-state index in [0.717, 1.165) is 10.4 Å². The molecule has 0 unspecified atom stereocenters. The van der Waals surface area contributed by atoms with E-state index in [9.17, 15) is 30.4 Å². The Hall–Kier alpha value is -3.35. The number of carbonyl (C=O) groups excluding carboxylic acids is 1. The van der Waals surface area contributed by atoms with E-state index in [2.05, 4.69) is 10.0 Å². The summed E-state index contributed by atoms with van der Waals surface area (Å²) >= 11 is 0. The van der Waals surface area contributed by atoms with E-state index in [0.29, 0.717) is 12.1 Å². The molecule has 3 aromatic rings. The highest BCUT2D eigenvalue weighted by Gasteiger charge is 2.19. The van der Waals surface area contributed by atoms with Crippen molar-refractivity contribution in [2.24, 2.45) is 0 Å². The lowest BCUT2D eigenvalue weighted by atomic mass is 10.2. The number of sulfonamides is 2. The van der Waals surface area contributed by atoms with Crippen LogP contribution in [0.15, 0.2) is 76.5 Å². The molecule has 0 atom stereocenters. The van der Waals surface area contributed by atoms with E-state index in [-0.39, 0.29) is 21.8 Å². The number of halogens is 2. The largest absolute Gasteiger partial charge is 0.322 e. The van der Waals surface area contributed by atoms with E-state index < -0.39 is 42.5 Å². The molecular formula is C21H19F2N3O5S2. The Balaban J connectivity index is 1.74. The number of hydrogen-bond donors (Lipinski definition) is 2. The van der Waals surface area contributed by atoms with E-state index >= 15 is 0 Å². The predicted molar refractivity (Wildman–Crippen MR) is 119 cm³/mol. The van der Waals surface area contributed by atoms with Crippen LogP contribution in [0.25, 0.3) is 0 Å². The molecule has 3 rings (SSSR count). The van der Waals surface area contributed by atoms with Gasteiger partial charge in [-0.05, 0) is 60.7 Å². The Morgan fingerprint density at radius 3 is 2.06 bits per heavy atom. The SMILES string of the molecule is CN(C)S(=O)(=O)c1cccc(NC(=O)c2ccc(NS(=O)(=O)c3ccc(F)c(F)c3)cc2)c1. The van der Waals surface area contributed by atoms with Gasteiger partial charge in [-0.2, -0.15) is 0 Å². The van der Waals surface area contributed by atoms with E-state index in [1.54, 1.807) is 0 Å². The molecule has 0 aliphatic rings. The van der Waals surface area contributed by atoms with Crippen LogP contribution in [0, 0.1) is 11.6 Å². The van der Waals surface area contributed by atoms with E-state index in [1.807, 2.05) is 0 Å². The fourth-order valence-electron chi connectivity index (χ4n) is 2.70. The van der Waals surface area contributed by atoms with Crippen molar-refractivity contribution in [1.29, 1.82) is 0 Å². The van der Waals surface area contributed by atoms with Crippen molar-refractivity contribution in [1.82, 2.24) is 4.31 Å². The Labute approximate surface area is 190 Å². The van der Waals surface area contributed by atoms with Crippen LogP contribution < -0.4 is 10.0 Å². The highest BCUT2D eigenvalue weighted by molar-refractivity contribution is 7.92. The van der Waals surface area contributed by atoms with Crippen molar-refractivity contribution in [2.45, 2.75) is 9.79 Å². The molecule has 12 heteroatoms. The average molecular weight is 496 g/mol. The zero-order chi connectivity index (χ0) is 24.4. The number of nitrogens with zero attached hydrogens (tertiary/aromatic N) is 1. The van der Waals surface area contributed by atoms with Gasteiger partial charge in [-0.15, -0.1) is 0 Å². The summed E-state index contributed by atoms with van der Waals surface area (Å²) in [5.74, 6) is -3.02. The van der Waals surface area contributed by atoms with Crippen molar-refractivity contribution in [3.05, 3.63) is 83.9 Å². The second-order valence-corrected chi connectivity index (χ2v) is 10.9. The molecule has 0 aliphatic heterocycles. The van der Waals surface area contributed by atoms with Crippen LogP contribution in [0.5, 0.6) is 0 Å². The highest BCUT2D eigenvalue weighted by atomic mass is 32.2. The van der Waals surface area contributed by atoms with Crippen LogP contribution in [0.2, 0.25) is 0 Å². The molecule has 174 valence electrons. The lowest BCUT2D eigenvalue weighted by Crippen LogP contribution is -2.22. The zero-order valence-corrected chi connectivity index (χ0v) is 19.0. The van der Waals surface area contributed by atoms with Gasteiger partial charge in [-0.3, -0.25) is 9.52 Å². The number of benzene rings is 3. The Morgan fingerprint density at radius 2 is 1.45 bits per heavy atom. The lowest BCUT2D eigenvalue weighted by Gasteiger charge is -2.13. The maximum Gasteiger partial charge on any atom is 0.261 e. The number of hydrogen-bond acceptors (Lipinski definition) is 5. The molecule has 0 bridgehead atoms. The maximum absolute atomic E-state index is 13.4. The molecule has 0 aliphatic carbocycles. The number of amides is 1. The molecule has 0 fully saturated rings. The second kappa shape index (κ2) is 9.25. The second-order valence-electron chi connectivity index (χ2n) is 7.03. The highest BCUT2D eigenvalue weighted by Crippen LogP contribution is 2.21. The molecule has 0 saturated carbocycles. The Bertz CT molecular complexity index is 1410. The normalized spacial score (nSPS) is 11.9. The molecule has 0 spiro atoms. The van der Waals surface area contributed by atoms with Crippen LogP contribution in [0.4, 0.5) is 20.2 Å². The van der Waals surface area contributed by atoms with E-state index in [1.165, 1.54) is 62.6 Å². The van der Waals surface area contributed by atoms with Gasteiger partial charge >= 0.3 is 0 Å². The van der Waals surface area contributed by atoms with Crippen molar-refractivity contribution in [2.75, 3.05) is 24.1 Å². The van der Waals surface area contributed by atoms with Gasteiger partial charge in [0, 0.05) is 31.0 Å². The molecule has 33 heavy (non-hydrogen) atoms. The molecule has 0 saturated heterocycles. The smallest absolute Gasteiger partial charge is 0.261 e. The molecule has 8 nitrogen and oxygen atoms in total. The van der Waals surface area contributed by atoms with Gasteiger partial charge in [-0.1, -0.05) is 6.07 Å². The van der Waals surface area contributed by atoms with Gasteiger partial charge in [0.05, 0.1) is 9.79 Å². The molecule has 2 N–H and O–H groups in total. The first-order chi connectivity index (χ1) is 15.4. The van der Waals surface area contributed by atoms with Crippen molar-refractivity contribution in [3.63, 3.8) is 0 Å². The first kappa shape index (κ1) is 24.3. The van der Waals surface area contributed by atoms with Crippen molar-refractivity contribution < 1.29 is 30.4 Å². The van der Waals surface area contributed by atoms with Crippen LogP contribution in [0.3, 0.4) is 0 Å². The first-order valence-electron chi connectivity index (χ1n) is 9.32. The van der Waals surface area contributed by atoms with Crippen LogP contribution in [-0.2, 0) is 20.0 Å². The molecule has 0 aromatic heterocycles. The third kappa shape index (κ3) is 5.53. The number of carbonyl (C=O) groups is 1. The first-order valence-corrected chi connectivity index (χ1v) is 12.2. The standard InChI is InChI=1S/C21H19F2N3O5S2/c1-26(2)33(30,31)18-5-3-4-16(12-18)24-21(27)14-6-8-15(9-7-14)25-32(28,29)17-10-11-19(22)20(23)13-17/h3-13,25H,1-2H3,(H,24,27). The summed E-state index contributed by atoms with van der Waals surface area (Å²) in [6.07, 6.45) is 0. The minimum absolute atomic E-state index is 0.00674. The summed E-state index contributed by atoms with van der Waals surface area (Å²) in [6, 6.07) is 13.2. The average Bonchev–Trinajstić information content (AvgIpc) is 2.75. The molecule has 0 radical (unpaired) electrons. The van der Waals surface area contributed by atoms with Gasteiger partial charge < -0.3 is 5.32 Å². The molecule has 0 heterocycles. The fourth-order valence-corrected chi connectivity index (χ4v) is 4.71. The zero-order valence-electron chi connectivity index (χ0n) is 17.4. The quantitative estimate of drug-likeness (QED) is 0.523. The third-order valence-electron chi connectivity index (χ3n) is 4.47. The number of anilines is 2. The van der Waals surface area contributed by atoms with Crippen molar-refractivity contribution >= 4 is 37.3 Å².